The van der Waals surface area contributed by atoms with Crippen LogP contribution in [0.3, 0.4) is 0 Å². The summed E-state index contributed by atoms with van der Waals surface area (Å²) >= 11 is 1.91. The molecule has 0 atom stereocenters. The van der Waals surface area contributed by atoms with Crippen molar-refractivity contribution in [1.29, 1.82) is 0 Å². The van der Waals surface area contributed by atoms with Crippen LogP contribution in [0.15, 0.2) is 182 Å². The van der Waals surface area contributed by atoms with E-state index in [0.29, 0.717) is 0 Å². The molecule has 0 saturated heterocycles. The van der Waals surface area contributed by atoms with Crippen LogP contribution in [0.25, 0.3) is 53.2 Å². The Bertz CT molecular complexity index is 2650. The molecular formula is C47H31NS. The molecule has 1 aromatic heterocycles. The average Bonchev–Trinajstić information content (AvgIpc) is 3.71. The van der Waals surface area contributed by atoms with E-state index in [9.17, 15) is 0 Å². The summed E-state index contributed by atoms with van der Waals surface area (Å²) in [5, 5.41) is 9.15. The zero-order chi connectivity index (χ0) is 32.4. The molecule has 2 heteroatoms. The molecule has 0 spiro atoms. The number of fused-ring (bicyclic) bond motifs is 8. The molecule has 1 aliphatic rings. The molecule has 0 radical (unpaired) electrons. The van der Waals surface area contributed by atoms with E-state index in [-0.39, 0.29) is 0 Å². The number of anilines is 2. The van der Waals surface area contributed by atoms with Crippen molar-refractivity contribution in [2.75, 3.05) is 5.32 Å². The van der Waals surface area contributed by atoms with Gasteiger partial charge in [-0.1, -0.05) is 164 Å². The predicted octanol–water partition coefficient (Wildman–Crippen LogP) is 13.0. The van der Waals surface area contributed by atoms with Crippen LogP contribution in [0.1, 0.15) is 22.3 Å². The lowest BCUT2D eigenvalue weighted by molar-refractivity contribution is 0.768. The van der Waals surface area contributed by atoms with Crippen LogP contribution in [0, 0.1) is 0 Å². The Morgan fingerprint density at radius 2 is 1.06 bits per heavy atom. The minimum Gasteiger partial charge on any atom is -0.355 e. The highest BCUT2D eigenvalue weighted by atomic mass is 32.1. The normalized spacial score (nSPS) is 13.1. The molecule has 49 heavy (non-hydrogen) atoms. The number of hydrogen-bond donors (Lipinski definition) is 1. The summed E-state index contributed by atoms with van der Waals surface area (Å²) in [5.41, 5.74) is 11.9. The molecule has 0 fully saturated rings. The first kappa shape index (κ1) is 28.1. The number of rotatable bonds is 5. The lowest BCUT2D eigenvalue weighted by Gasteiger charge is -2.33. The topological polar surface area (TPSA) is 12.0 Å². The van der Waals surface area contributed by atoms with Crippen LogP contribution < -0.4 is 5.32 Å². The van der Waals surface area contributed by atoms with Crippen LogP contribution >= 0.6 is 11.3 Å². The maximum absolute atomic E-state index is 3.90. The Kier molecular flexibility index (Phi) is 6.34. The fourth-order valence-electron chi connectivity index (χ4n) is 8.27. The largest absolute Gasteiger partial charge is 0.355 e. The predicted molar refractivity (Wildman–Crippen MR) is 209 cm³/mol. The van der Waals surface area contributed by atoms with E-state index in [1.54, 1.807) is 0 Å². The third-order valence-electron chi connectivity index (χ3n) is 10.3. The van der Waals surface area contributed by atoms with Crippen molar-refractivity contribution < 1.29 is 0 Å². The Balaban J connectivity index is 1.13. The number of hydrogen-bond acceptors (Lipinski definition) is 2. The minimum absolute atomic E-state index is 0.422. The lowest BCUT2D eigenvalue weighted by atomic mass is 9.68. The molecule has 0 saturated carbocycles. The van der Waals surface area contributed by atoms with Gasteiger partial charge < -0.3 is 5.32 Å². The molecule has 9 aromatic rings. The first-order valence-electron chi connectivity index (χ1n) is 16.9. The summed E-state index contributed by atoms with van der Waals surface area (Å²) in [4.78, 5) is 0. The van der Waals surface area contributed by atoms with Gasteiger partial charge in [-0.15, -0.1) is 11.3 Å². The first-order valence-corrected chi connectivity index (χ1v) is 17.7. The van der Waals surface area contributed by atoms with Crippen molar-refractivity contribution in [3.8, 4) is 22.3 Å². The Morgan fingerprint density at radius 3 is 1.90 bits per heavy atom. The molecule has 0 amide bonds. The summed E-state index contributed by atoms with van der Waals surface area (Å²) in [5.74, 6) is 0. The quantitative estimate of drug-likeness (QED) is 0.197. The van der Waals surface area contributed by atoms with Crippen molar-refractivity contribution in [2.45, 2.75) is 5.41 Å². The smallest absolute Gasteiger partial charge is 0.0714 e. The molecular weight excluding hydrogens is 611 g/mol. The van der Waals surface area contributed by atoms with Gasteiger partial charge in [-0.3, -0.25) is 0 Å². The number of nitrogens with one attached hydrogen (secondary N) is 1. The van der Waals surface area contributed by atoms with Gasteiger partial charge in [-0.2, -0.15) is 0 Å². The van der Waals surface area contributed by atoms with E-state index in [1.165, 1.54) is 75.5 Å². The van der Waals surface area contributed by atoms with Crippen molar-refractivity contribution in [2.24, 2.45) is 0 Å². The highest BCUT2D eigenvalue weighted by Crippen LogP contribution is 2.58. The Hall–Kier alpha value is -5.96. The van der Waals surface area contributed by atoms with E-state index in [1.807, 2.05) is 11.3 Å². The second-order valence-corrected chi connectivity index (χ2v) is 13.9. The van der Waals surface area contributed by atoms with Gasteiger partial charge in [0, 0.05) is 37.1 Å². The van der Waals surface area contributed by atoms with Crippen LogP contribution in [0.2, 0.25) is 0 Å². The maximum Gasteiger partial charge on any atom is 0.0714 e. The summed E-state index contributed by atoms with van der Waals surface area (Å²) in [6.07, 6.45) is 0. The van der Waals surface area contributed by atoms with Gasteiger partial charge in [0.15, 0.2) is 0 Å². The second-order valence-electron chi connectivity index (χ2n) is 12.9. The lowest BCUT2D eigenvalue weighted by Crippen LogP contribution is -2.28. The van der Waals surface area contributed by atoms with Crippen LogP contribution in [-0.2, 0) is 5.41 Å². The molecule has 0 aliphatic heterocycles. The zero-order valence-corrected chi connectivity index (χ0v) is 27.5. The molecule has 1 N–H and O–H groups in total. The Labute approximate surface area is 289 Å². The SMILES string of the molecule is c1ccc(C2(c3ccccc3)c3ccccc3-c3c(Nc4cccc(-c5cccc6c5sc5c7ccccc7ccc65)c4)cccc32)cc1. The van der Waals surface area contributed by atoms with Gasteiger partial charge in [0.2, 0.25) is 0 Å². The highest BCUT2D eigenvalue weighted by Gasteiger charge is 2.46. The summed E-state index contributed by atoms with van der Waals surface area (Å²) in [6.45, 7) is 0. The van der Waals surface area contributed by atoms with Crippen molar-refractivity contribution >= 4 is 53.7 Å². The maximum atomic E-state index is 3.90. The monoisotopic (exact) mass is 641 g/mol. The fraction of sp³-hybridized carbons (Fsp3) is 0.0213. The van der Waals surface area contributed by atoms with E-state index >= 15 is 0 Å². The molecule has 10 rings (SSSR count). The van der Waals surface area contributed by atoms with Gasteiger partial charge in [0.05, 0.1) is 5.41 Å². The number of thiophene rings is 1. The number of benzene rings is 8. The van der Waals surface area contributed by atoms with Crippen molar-refractivity contribution in [3.05, 3.63) is 204 Å². The first-order chi connectivity index (χ1) is 24.3. The fourth-order valence-corrected chi connectivity index (χ4v) is 9.64. The highest BCUT2D eigenvalue weighted by molar-refractivity contribution is 7.27. The molecule has 230 valence electrons. The molecule has 8 aromatic carbocycles. The molecule has 1 aliphatic carbocycles. The Morgan fingerprint density at radius 1 is 0.429 bits per heavy atom. The zero-order valence-electron chi connectivity index (χ0n) is 26.7. The van der Waals surface area contributed by atoms with Crippen molar-refractivity contribution in [1.82, 2.24) is 0 Å². The van der Waals surface area contributed by atoms with Crippen LogP contribution in [-0.4, -0.2) is 0 Å². The average molecular weight is 642 g/mol. The molecule has 0 unspecified atom stereocenters. The van der Waals surface area contributed by atoms with Crippen LogP contribution in [0.4, 0.5) is 11.4 Å². The van der Waals surface area contributed by atoms with Gasteiger partial charge in [-0.05, 0) is 67.9 Å². The summed E-state index contributed by atoms with van der Waals surface area (Å²) in [6, 6.07) is 66.6. The van der Waals surface area contributed by atoms with Gasteiger partial charge in [0.1, 0.15) is 0 Å². The second kappa shape index (κ2) is 11.1. The molecule has 1 nitrogen and oxygen atoms in total. The van der Waals surface area contributed by atoms with E-state index in [4.69, 9.17) is 0 Å². The van der Waals surface area contributed by atoms with E-state index in [2.05, 4.69) is 187 Å². The third kappa shape index (κ3) is 4.18. The third-order valence-corrected chi connectivity index (χ3v) is 11.6. The van der Waals surface area contributed by atoms with E-state index < -0.39 is 5.41 Å². The van der Waals surface area contributed by atoms with Crippen molar-refractivity contribution in [3.63, 3.8) is 0 Å². The van der Waals surface area contributed by atoms with Crippen LogP contribution in [0.5, 0.6) is 0 Å². The van der Waals surface area contributed by atoms with E-state index in [0.717, 1.165) is 11.4 Å². The molecule has 0 bridgehead atoms. The van der Waals surface area contributed by atoms with Gasteiger partial charge in [-0.25, -0.2) is 0 Å². The summed E-state index contributed by atoms with van der Waals surface area (Å²) < 4.78 is 2.68. The summed E-state index contributed by atoms with van der Waals surface area (Å²) in [7, 11) is 0. The van der Waals surface area contributed by atoms with Gasteiger partial charge in [0.25, 0.3) is 0 Å². The standard InChI is InChI=1S/C47H31NS/c1-3-16-33(17-4-1)47(34-18-5-2-6-19-34)41-25-10-9-22-40(41)44-42(47)26-13-27-43(44)48-35-20-11-15-32(30-35)37-23-12-24-38-39-29-28-31-14-7-8-21-36(31)45(39)49-46(37)38/h1-30,48H. The van der Waals surface area contributed by atoms with Gasteiger partial charge >= 0.3 is 0 Å². The molecule has 1 heterocycles. The minimum atomic E-state index is -0.422.